The Balaban J connectivity index is 1.54. The zero-order chi connectivity index (χ0) is 26.5. The lowest BCUT2D eigenvalue weighted by molar-refractivity contribution is -0.149. The van der Waals surface area contributed by atoms with Gasteiger partial charge in [0, 0.05) is 12.5 Å². The van der Waals surface area contributed by atoms with Gasteiger partial charge in [-0.3, -0.25) is 0 Å². The average molecular weight is 515 g/mol. The van der Waals surface area contributed by atoms with Gasteiger partial charge in [0.15, 0.2) is 8.32 Å². The van der Waals surface area contributed by atoms with Crippen LogP contribution in [0.25, 0.3) is 0 Å². The van der Waals surface area contributed by atoms with E-state index < -0.39 is 8.32 Å². The Morgan fingerprint density at radius 1 is 0.972 bits per heavy atom. The number of carbonyl (C=O) groups excluding carboxylic acids is 1. The lowest BCUT2D eigenvalue weighted by Crippen LogP contribution is -2.58. The summed E-state index contributed by atoms with van der Waals surface area (Å²) in [7, 11) is -1.79. The van der Waals surface area contributed by atoms with Gasteiger partial charge >= 0.3 is 0 Å². The number of fused-ring (bicyclic) bond motifs is 5. The molecule has 0 bridgehead atoms. The summed E-state index contributed by atoms with van der Waals surface area (Å²) in [6.45, 7) is 24.0. The van der Waals surface area contributed by atoms with Crippen LogP contribution in [-0.4, -0.2) is 20.7 Å². The zero-order valence-corrected chi connectivity index (χ0v) is 26.1. The molecule has 2 nitrogen and oxygen atoms in total. The maximum Gasteiger partial charge on any atom is 0.192 e. The maximum atomic E-state index is 11.1. The SMILES string of the molecule is C=CC[C@@H]1[C@H](O[Si](C)(C)C(C)(C)C)CC[C@@]2(C)[C@H]1CC[C@@H]1[C@@H]2CC[C@]2(C)[C@@H]([C@H](C)CCC=O)CC[C@@H]12. The number of hydrogen-bond acceptors (Lipinski definition) is 2. The molecule has 0 aliphatic heterocycles. The molecule has 36 heavy (non-hydrogen) atoms. The Morgan fingerprint density at radius 2 is 1.61 bits per heavy atom. The maximum absolute atomic E-state index is 11.1. The number of rotatable bonds is 8. The van der Waals surface area contributed by atoms with Crippen LogP contribution in [0, 0.1) is 52.3 Å². The smallest absolute Gasteiger partial charge is 0.192 e. The van der Waals surface area contributed by atoms with Crippen molar-refractivity contribution in [2.24, 2.45) is 52.3 Å². The summed E-state index contributed by atoms with van der Waals surface area (Å²) in [5.41, 5.74) is 0.961. The molecule has 206 valence electrons. The summed E-state index contributed by atoms with van der Waals surface area (Å²) in [5.74, 6) is 5.63. The van der Waals surface area contributed by atoms with Gasteiger partial charge in [0.2, 0.25) is 0 Å². The summed E-state index contributed by atoms with van der Waals surface area (Å²) in [4.78, 5) is 11.1. The van der Waals surface area contributed by atoms with E-state index in [1.165, 1.54) is 51.4 Å². The van der Waals surface area contributed by atoms with Crippen molar-refractivity contribution in [3.05, 3.63) is 12.7 Å². The first kappa shape index (κ1) is 28.6. The van der Waals surface area contributed by atoms with Gasteiger partial charge in [0.1, 0.15) is 6.29 Å². The fourth-order valence-corrected chi connectivity index (χ4v) is 11.6. The second-order valence-electron chi connectivity index (χ2n) is 15.7. The van der Waals surface area contributed by atoms with Crippen LogP contribution in [0.1, 0.15) is 112 Å². The van der Waals surface area contributed by atoms with E-state index in [2.05, 4.69) is 67.3 Å². The molecule has 0 radical (unpaired) electrons. The van der Waals surface area contributed by atoms with Crippen LogP contribution in [0.4, 0.5) is 0 Å². The zero-order valence-electron chi connectivity index (χ0n) is 25.1. The Labute approximate surface area is 224 Å². The lowest BCUT2D eigenvalue weighted by Gasteiger charge is -2.63. The summed E-state index contributed by atoms with van der Waals surface area (Å²) in [6, 6.07) is 0. The molecule has 4 rings (SSSR count). The average Bonchev–Trinajstić information content (AvgIpc) is 3.15. The van der Waals surface area contributed by atoms with Crippen molar-refractivity contribution < 1.29 is 9.22 Å². The highest BCUT2D eigenvalue weighted by Gasteiger charge is 2.62. The normalized spacial score (nSPS) is 43.7. The van der Waals surface area contributed by atoms with E-state index in [1.807, 2.05) is 0 Å². The molecule has 4 fully saturated rings. The minimum atomic E-state index is -1.79. The first-order chi connectivity index (χ1) is 16.8. The van der Waals surface area contributed by atoms with Crippen LogP contribution in [0.15, 0.2) is 12.7 Å². The van der Waals surface area contributed by atoms with Crippen LogP contribution < -0.4 is 0 Å². The van der Waals surface area contributed by atoms with Crippen molar-refractivity contribution in [1.29, 1.82) is 0 Å². The molecule has 10 atom stereocenters. The van der Waals surface area contributed by atoms with E-state index in [0.29, 0.717) is 28.8 Å². The molecule has 0 aromatic carbocycles. The fraction of sp³-hybridized carbons (Fsp3) is 0.909. The molecule has 0 unspecified atom stereocenters. The van der Waals surface area contributed by atoms with E-state index in [1.54, 1.807) is 0 Å². The molecular weight excluding hydrogens is 456 g/mol. The number of allylic oxidation sites excluding steroid dienone is 1. The Kier molecular flexibility index (Phi) is 8.17. The molecule has 4 aliphatic carbocycles. The molecule has 0 heterocycles. The van der Waals surface area contributed by atoms with Crippen molar-refractivity contribution in [1.82, 2.24) is 0 Å². The Morgan fingerprint density at radius 3 is 2.25 bits per heavy atom. The molecule has 0 N–H and O–H groups in total. The van der Waals surface area contributed by atoms with Gasteiger partial charge in [-0.1, -0.05) is 47.6 Å². The van der Waals surface area contributed by atoms with Crippen LogP contribution >= 0.6 is 0 Å². The first-order valence-electron chi connectivity index (χ1n) is 15.5. The van der Waals surface area contributed by atoms with Crippen molar-refractivity contribution in [2.75, 3.05) is 0 Å². The molecular formula is C33H58O2Si. The van der Waals surface area contributed by atoms with Crippen molar-refractivity contribution in [3.8, 4) is 0 Å². The van der Waals surface area contributed by atoms with Crippen molar-refractivity contribution >= 4 is 14.6 Å². The lowest BCUT2D eigenvalue weighted by atomic mass is 9.43. The molecule has 0 amide bonds. The van der Waals surface area contributed by atoms with E-state index in [0.717, 1.165) is 55.1 Å². The van der Waals surface area contributed by atoms with E-state index in [-0.39, 0.29) is 5.04 Å². The van der Waals surface area contributed by atoms with Gasteiger partial charge in [0.25, 0.3) is 0 Å². The van der Waals surface area contributed by atoms with Crippen LogP contribution in [0.3, 0.4) is 0 Å². The monoisotopic (exact) mass is 514 g/mol. The first-order valence-corrected chi connectivity index (χ1v) is 18.4. The molecule has 0 saturated heterocycles. The molecule has 3 heteroatoms. The second kappa shape index (κ2) is 10.3. The molecule has 0 aromatic heterocycles. The highest BCUT2D eigenvalue weighted by atomic mass is 28.4. The largest absolute Gasteiger partial charge is 0.414 e. The predicted octanol–water partition coefficient (Wildman–Crippen LogP) is 9.45. The third-order valence-electron chi connectivity index (χ3n) is 13.1. The van der Waals surface area contributed by atoms with Gasteiger partial charge < -0.3 is 9.22 Å². The Bertz CT molecular complexity index is 798. The highest BCUT2D eigenvalue weighted by Crippen LogP contribution is 2.69. The van der Waals surface area contributed by atoms with Crippen LogP contribution in [0.5, 0.6) is 0 Å². The predicted molar refractivity (Wildman–Crippen MR) is 155 cm³/mol. The quantitative estimate of drug-likeness (QED) is 0.183. The van der Waals surface area contributed by atoms with Gasteiger partial charge in [-0.05, 0) is 135 Å². The standard InChI is InChI=1S/C33H58O2Si/c1-10-12-25-28-15-14-24-27-17-16-26(23(2)13-11-22-34)32(27,6)20-18-29(24)33(28,7)21-19-30(25)35-36(8,9)31(3,4)5/h10,22-30H,1,11-21H2,2-9H3/t23-,24+,25+,26-,27+,28+,29+,30-,32-,33+/m1/s1. The highest BCUT2D eigenvalue weighted by molar-refractivity contribution is 6.74. The van der Waals surface area contributed by atoms with Crippen molar-refractivity contribution in [3.63, 3.8) is 0 Å². The third-order valence-corrected chi connectivity index (χ3v) is 17.6. The molecule has 4 saturated carbocycles. The number of carbonyl (C=O) groups is 1. The third kappa shape index (κ3) is 4.76. The second-order valence-corrected chi connectivity index (χ2v) is 20.4. The minimum Gasteiger partial charge on any atom is -0.414 e. The summed E-state index contributed by atoms with van der Waals surface area (Å²) >= 11 is 0. The van der Waals surface area contributed by atoms with Gasteiger partial charge in [-0.25, -0.2) is 0 Å². The van der Waals surface area contributed by atoms with E-state index in [9.17, 15) is 4.79 Å². The number of hydrogen-bond donors (Lipinski definition) is 0. The van der Waals surface area contributed by atoms with E-state index >= 15 is 0 Å². The summed E-state index contributed by atoms with van der Waals surface area (Å²) < 4.78 is 7.16. The Hall–Kier alpha value is -0.413. The molecule has 4 aliphatic rings. The topological polar surface area (TPSA) is 26.3 Å². The van der Waals surface area contributed by atoms with Gasteiger partial charge in [0.05, 0.1) is 0 Å². The van der Waals surface area contributed by atoms with Crippen molar-refractivity contribution in [2.45, 2.75) is 136 Å². The molecule has 0 spiro atoms. The van der Waals surface area contributed by atoms with Gasteiger partial charge in [-0.15, -0.1) is 6.58 Å². The summed E-state index contributed by atoms with van der Waals surface area (Å²) in [5, 5.41) is 0.264. The minimum absolute atomic E-state index is 0.264. The number of aldehydes is 1. The fourth-order valence-electron chi connectivity index (χ4n) is 10.2. The molecule has 0 aromatic rings. The van der Waals surface area contributed by atoms with E-state index in [4.69, 9.17) is 4.43 Å². The van der Waals surface area contributed by atoms with Gasteiger partial charge in [-0.2, -0.15) is 0 Å². The van der Waals surface area contributed by atoms with Crippen LogP contribution in [-0.2, 0) is 9.22 Å². The summed E-state index contributed by atoms with van der Waals surface area (Å²) in [6.07, 6.45) is 17.8. The van der Waals surface area contributed by atoms with Crippen LogP contribution in [0.2, 0.25) is 18.1 Å².